The topological polar surface area (TPSA) is 80.3 Å². The lowest BCUT2D eigenvalue weighted by Gasteiger charge is -2.16. The van der Waals surface area contributed by atoms with E-state index in [0.29, 0.717) is 58.6 Å². The highest BCUT2D eigenvalue weighted by Gasteiger charge is 2.22. The van der Waals surface area contributed by atoms with Crippen molar-refractivity contribution in [3.63, 3.8) is 0 Å². The number of hydrogen-bond acceptors (Lipinski definition) is 8. The summed E-state index contributed by atoms with van der Waals surface area (Å²) in [5, 5.41) is 0.0974. The molecule has 138 valence electrons. The summed E-state index contributed by atoms with van der Waals surface area (Å²) in [4.78, 5) is 10.7. The lowest BCUT2D eigenvalue weighted by Crippen LogP contribution is -2.12. The lowest BCUT2D eigenvalue weighted by molar-refractivity contribution is -0.109. The fourth-order valence-corrected chi connectivity index (χ4v) is 3.48. The van der Waals surface area contributed by atoms with E-state index in [1.165, 1.54) is 18.7 Å². The molecular weight excluding hydrogens is 343 g/mol. The minimum absolute atomic E-state index is 0.0974. The average Bonchev–Trinajstić information content (AvgIpc) is 2.48. The summed E-state index contributed by atoms with van der Waals surface area (Å²) in [7, 11) is -3.02. The number of carbonyl (C=O) groups is 1. The molecular formula is C14H29O7PS. The lowest BCUT2D eigenvalue weighted by atomic mass is 10.7. The number of carbonyl (C=O) groups excluding carboxylic acids is 1. The van der Waals surface area contributed by atoms with Crippen molar-refractivity contribution in [2.75, 3.05) is 64.8 Å². The summed E-state index contributed by atoms with van der Waals surface area (Å²) in [6.45, 7) is 8.46. The third kappa shape index (κ3) is 15.3. The summed E-state index contributed by atoms with van der Waals surface area (Å²) < 4.78 is 38.4. The fraction of sp³-hybridized carbons (Fsp3) is 0.929. The van der Waals surface area contributed by atoms with Crippen LogP contribution in [0.4, 0.5) is 0 Å². The van der Waals surface area contributed by atoms with Crippen molar-refractivity contribution in [2.24, 2.45) is 0 Å². The van der Waals surface area contributed by atoms with Crippen molar-refractivity contribution >= 4 is 24.5 Å². The average molecular weight is 372 g/mol. The Balaban J connectivity index is 3.38. The van der Waals surface area contributed by atoms with Gasteiger partial charge < -0.3 is 23.3 Å². The first-order chi connectivity index (χ1) is 11.0. The zero-order valence-corrected chi connectivity index (χ0v) is 16.0. The number of ether oxygens (including phenoxy) is 3. The van der Waals surface area contributed by atoms with Crippen molar-refractivity contribution in [3.05, 3.63) is 0 Å². The quantitative estimate of drug-likeness (QED) is 0.302. The van der Waals surface area contributed by atoms with Gasteiger partial charge in [-0.1, -0.05) is 11.8 Å². The van der Waals surface area contributed by atoms with Crippen LogP contribution in [-0.2, 0) is 32.6 Å². The Morgan fingerprint density at radius 3 is 1.83 bits per heavy atom. The molecule has 0 bridgehead atoms. The molecule has 0 saturated carbocycles. The number of hydrogen-bond donors (Lipinski definition) is 0. The van der Waals surface area contributed by atoms with E-state index >= 15 is 0 Å². The molecule has 0 aromatic carbocycles. The standard InChI is InChI=1S/C14H29O7PS/c1-4-20-22(16,21-5-2)12-10-18-8-6-17-7-9-19-11-13-23-14(3)15/h4-13H2,1-3H3. The normalized spacial score (nSPS) is 11.8. The van der Waals surface area contributed by atoms with Gasteiger partial charge in [0.05, 0.1) is 59.0 Å². The van der Waals surface area contributed by atoms with Crippen molar-refractivity contribution in [1.29, 1.82) is 0 Å². The van der Waals surface area contributed by atoms with E-state index in [9.17, 15) is 9.36 Å². The number of thioether (sulfide) groups is 1. The van der Waals surface area contributed by atoms with Crippen LogP contribution in [0.25, 0.3) is 0 Å². The second kappa shape index (κ2) is 15.6. The Hall–Kier alpha value is 0.0500. The molecule has 7 nitrogen and oxygen atoms in total. The van der Waals surface area contributed by atoms with Gasteiger partial charge >= 0.3 is 7.60 Å². The van der Waals surface area contributed by atoms with Gasteiger partial charge in [-0.2, -0.15) is 0 Å². The van der Waals surface area contributed by atoms with Gasteiger partial charge in [0, 0.05) is 12.7 Å². The molecule has 0 aliphatic carbocycles. The highest BCUT2D eigenvalue weighted by atomic mass is 32.2. The van der Waals surface area contributed by atoms with Crippen LogP contribution >= 0.6 is 19.4 Å². The molecule has 0 radical (unpaired) electrons. The van der Waals surface area contributed by atoms with Crippen LogP contribution in [0.3, 0.4) is 0 Å². The molecule has 0 fully saturated rings. The van der Waals surface area contributed by atoms with E-state index in [1.807, 2.05) is 0 Å². The molecule has 0 spiro atoms. The van der Waals surface area contributed by atoms with E-state index in [-0.39, 0.29) is 11.3 Å². The van der Waals surface area contributed by atoms with Gasteiger partial charge in [-0.05, 0) is 13.8 Å². The molecule has 9 heteroatoms. The van der Waals surface area contributed by atoms with Crippen LogP contribution in [0, 0.1) is 0 Å². The summed E-state index contributed by atoms with van der Waals surface area (Å²) in [6.07, 6.45) is 0.242. The zero-order valence-electron chi connectivity index (χ0n) is 14.3. The Kier molecular flexibility index (Phi) is 15.6. The van der Waals surface area contributed by atoms with E-state index < -0.39 is 7.60 Å². The molecule has 0 N–H and O–H groups in total. The molecule has 0 aliphatic heterocycles. The fourth-order valence-electron chi connectivity index (χ4n) is 1.52. The first kappa shape index (κ1) is 23.1. The first-order valence-corrected chi connectivity index (χ1v) is 10.5. The van der Waals surface area contributed by atoms with Crippen LogP contribution in [0.5, 0.6) is 0 Å². The Bertz CT molecular complexity index is 331. The van der Waals surface area contributed by atoms with Gasteiger partial charge in [-0.15, -0.1) is 0 Å². The molecule has 0 aromatic rings. The minimum atomic E-state index is -3.02. The maximum Gasteiger partial charge on any atom is 0.332 e. The molecule has 0 saturated heterocycles. The van der Waals surface area contributed by atoms with Crippen LogP contribution in [0.2, 0.25) is 0 Å². The van der Waals surface area contributed by atoms with Gasteiger partial charge in [0.1, 0.15) is 0 Å². The smallest absolute Gasteiger partial charge is 0.332 e. The summed E-state index contributed by atoms with van der Waals surface area (Å²) in [6, 6.07) is 0. The Labute approximate surface area is 143 Å². The summed E-state index contributed by atoms with van der Waals surface area (Å²) >= 11 is 1.25. The van der Waals surface area contributed by atoms with Crippen LogP contribution in [0.15, 0.2) is 0 Å². The maximum absolute atomic E-state index is 12.1. The van der Waals surface area contributed by atoms with Gasteiger partial charge in [0.15, 0.2) is 5.12 Å². The molecule has 0 atom stereocenters. The van der Waals surface area contributed by atoms with E-state index in [1.54, 1.807) is 13.8 Å². The summed E-state index contributed by atoms with van der Waals surface area (Å²) in [5.41, 5.74) is 0. The molecule has 0 rings (SSSR count). The van der Waals surface area contributed by atoms with Crippen LogP contribution in [0.1, 0.15) is 20.8 Å². The van der Waals surface area contributed by atoms with Gasteiger partial charge in [-0.25, -0.2) is 0 Å². The maximum atomic E-state index is 12.1. The molecule has 0 unspecified atom stereocenters. The third-order valence-corrected chi connectivity index (χ3v) is 5.25. The Morgan fingerprint density at radius 1 is 0.870 bits per heavy atom. The predicted molar refractivity (Wildman–Crippen MR) is 91.3 cm³/mol. The third-order valence-electron chi connectivity index (χ3n) is 2.44. The van der Waals surface area contributed by atoms with Gasteiger partial charge in [0.25, 0.3) is 0 Å². The SMILES string of the molecule is CCOP(=O)(CCOCCOCCOCCSC(C)=O)OCC. The van der Waals surface area contributed by atoms with Crippen molar-refractivity contribution < 1.29 is 32.6 Å². The molecule has 0 amide bonds. The first-order valence-electron chi connectivity index (χ1n) is 7.78. The monoisotopic (exact) mass is 372 g/mol. The molecule has 0 heterocycles. The predicted octanol–water partition coefficient (Wildman–Crippen LogP) is 2.58. The van der Waals surface area contributed by atoms with E-state index in [4.69, 9.17) is 23.3 Å². The van der Waals surface area contributed by atoms with E-state index in [2.05, 4.69) is 0 Å². The second-order valence-corrected chi connectivity index (χ2v) is 7.80. The van der Waals surface area contributed by atoms with Gasteiger partial charge in [0.2, 0.25) is 0 Å². The number of rotatable bonds is 16. The van der Waals surface area contributed by atoms with Crippen molar-refractivity contribution in [2.45, 2.75) is 20.8 Å². The highest BCUT2D eigenvalue weighted by molar-refractivity contribution is 8.13. The molecule has 0 aromatic heterocycles. The molecule has 23 heavy (non-hydrogen) atoms. The van der Waals surface area contributed by atoms with Crippen molar-refractivity contribution in [3.8, 4) is 0 Å². The van der Waals surface area contributed by atoms with Crippen molar-refractivity contribution in [1.82, 2.24) is 0 Å². The zero-order chi connectivity index (χ0) is 17.4. The highest BCUT2D eigenvalue weighted by Crippen LogP contribution is 2.47. The second-order valence-electron chi connectivity index (χ2n) is 4.35. The van der Waals surface area contributed by atoms with Crippen LogP contribution < -0.4 is 0 Å². The Morgan fingerprint density at radius 2 is 1.35 bits per heavy atom. The van der Waals surface area contributed by atoms with Crippen LogP contribution in [-0.4, -0.2) is 69.9 Å². The summed E-state index contributed by atoms with van der Waals surface area (Å²) in [5.74, 6) is 0.665. The molecule has 0 aliphatic rings. The van der Waals surface area contributed by atoms with Gasteiger partial charge in [-0.3, -0.25) is 9.36 Å². The van der Waals surface area contributed by atoms with E-state index in [0.717, 1.165) is 0 Å². The largest absolute Gasteiger partial charge is 0.378 e. The minimum Gasteiger partial charge on any atom is -0.378 e.